The van der Waals surface area contributed by atoms with Gasteiger partial charge in [0.05, 0.1) is 0 Å². The van der Waals surface area contributed by atoms with Gasteiger partial charge < -0.3 is 9.64 Å². The molecule has 1 aromatic carbocycles. The number of benzene rings is 1. The Balaban J connectivity index is 1.53. The van der Waals surface area contributed by atoms with Gasteiger partial charge in [0, 0.05) is 48.8 Å². The summed E-state index contributed by atoms with van der Waals surface area (Å²) in [7, 11) is 0. The second-order valence-electron chi connectivity index (χ2n) is 6.39. The third kappa shape index (κ3) is 4.82. The van der Waals surface area contributed by atoms with Crippen molar-refractivity contribution in [3.8, 4) is 5.88 Å². The largest absolute Gasteiger partial charge is 0.474 e. The molecule has 1 amide bonds. The van der Waals surface area contributed by atoms with Gasteiger partial charge in [-0.25, -0.2) is 4.98 Å². The van der Waals surface area contributed by atoms with Crippen LogP contribution in [0.1, 0.15) is 29.9 Å². The number of halogens is 1. The zero-order valence-electron chi connectivity index (χ0n) is 15.0. The van der Waals surface area contributed by atoms with Gasteiger partial charge in [-0.15, -0.1) is 0 Å². The van der Waals surface area contributed by atoms with Gasteiger partial charge in [-0.2, -0.15) is 4.98 Å². The van der Waals surface area contributed by atoms with E-state index in [1.165, 1.54) is 0 Å². The van der Waals surface area contributed by atoms with E-state index in [4.69, 9.17) is 16.3 Å². The lowest BCUT2D eigenvalue weighted by Crippen LogP contribution is -2.41. The first kappa shape index (κ1) is 18.4. The molecule has 1 saturated heterocycles. The number of amides is 1. The fourth-order valence-corrected chi connectivity index (χ4v) is 3.18. The normalized spacial score (nSPS) is 15.4. The maximum atomic E-state index is 12.4. The number of piperidine rings is 1. The molecule has 0 unspecified atom stereocenters. The van der Waals surface area contributed by atoms with Crippen LogP contribution in [0.4, 0.5) is 0 Å². The highest BCUT2D eigenvalue weighted by molar-refractivity contribution is 6.32. The third-order valence-corrected chi connectivity index (χ3v) is 4.64. The van der Waals surface area contributed by atoms with Crippen molar-refractivity contribution >= 4 is 23.6 Å². The molecule has 1 aromatic heterocycles. The zero-order chi connectivity index (χ0) is 18.5. The van der Waals surface area contributed by atoms with E-state index < -0.39 is 0 Å². The third-order valence-electron chi connectivity index (χ3n) is 4.29. The van der Waals surface area contributed by atoms with Gasteiger partial charge in [-0.05, 0) is 31.6 Å². The fourth-order valence-electron chi connectivity index (χ4n) is 2.98. The van der Waals surface area contributed by atoms with Crippen LogP contribution in [0.15, 0.2) is 36.4 Å². The molecule has 0 N–H and O–H groups in total. The summed E-state index contributed by atoms with van der Waals surface area (Å²) in [5.74, 6) is 1.31. The molecule has 0 bridgehead atoms. The van der Waals surface area contributed by atoms with E-state index in [1.54, 1.807) is 12.2 Å². The highest BCUT2D eigenvalue weighted by Gasteiger charge is 2.23. The van der Waals surface area contributed by atoms with Crippen LogP contribution in [0.3, 0.4) is 0 Å². The van der Waals surface area contributed by atoms with Crippen molar-refractivity contribution in [1.82, 2.24) is 14.9 Å². The minimum absolute atomic E-state index is 0.00269. The molecule has 2 aromatic rings. The van der Waals surface area contributed by atoms with Crippen molar-refractivity contribution in [1.29, 1.82) is 0 Å². The summed E-state index contributed by atoms with van der Waals surface area (Å²) in [4.78, 5) is 22.8. The lowest BCUT2D eigenvalue weighted by atomic mass is 10.1. The van der Waals surface area contributed by atoms with E-state index in [1.807, 2.05) is 49.1 Å². The van der Waals surface area contributed by atoms with E-state index in [2.05, 4.69) is 9.97 Å². The van der Waals surface area contributed by atoms with Crippen LogP contribution >= 0.6 is 11.6 Å². The number of aromatic nitrogens is 2. The number of rotatable bonds is 4. The molecule has 26 heavy (non-hydrogen) atoms. The molecule has 1 aliphatic rings. The van der Waals surface area contributed by atoms with Crippen molar-refractivity contribution in [2.45, 2.75) is 32.8 Å². The Morgan fingerprint density at radius 2 is 1.96 bits per heavy atom. The van der Waals surface area contributed by atoms with Gasteiger partial charge in [-0.3, -0.25) is 4.79 Å². The first-order valence-corrected chi connectivity index (χ1v) is 9.09. The number of hydrogen-bond donors (Lipinski definition) is 0. The van der Waals surface area contributed by atoms with E-state index in [0.29, 0.717) is 29.8 Å². The predicted octanol–water partition coefficient (Wildman–Crippen LogP) is 3.83. The number of aryl methyl sites for hydroxylation is 2. The highest BCUT2D eigenvalue weighted by Crippen LogP contribution is 2.19. The number of likely N-dealkylation sites (tertiary alicyclic amines) is 1. The van der Waals surface area contributed by atoms with Gasteiger partial charge in [0.15, 0.2) is 0 Å². The van der Waals surface area contributed by atoms with Crippen molar-refractivity contribution in [2.75, 3.05) is 13.1 Å². The minimum atomic E-state index is -0.00269. The van der Waals surface area contributed by atoms with Gasteiger partial charge in [0.1, 0.15) is 11.9 Å². The van der Waals surface area contributed by atoms with E-state index in [9.17, 15) is 4.79 Å². The molecule has 2 heterocycles. The number of ether oxygens (including phenoxy) is 1. The predicted molar refractivity (Wildman–Crippen MR) is 102 cm³/mol. The summed E-state index contributed by atoms with van der Waals surface area (Å²) in [6.45, 7) is 5.11. The maximum absolute atomic E-state index is 12.4. The monoisotopic (exact) mass is 371 g/mol. The SMILES string of the molecule is Cc1cc(OC2CCN(C(=O)C=Cc3ccccc3Cl)CC2)nc(C)n1. The van der Waals surface area contributed by atoms with Crippen molar-refractivity contribution in [3.63, 3.8) is 0 Å². The second kappa shape index (κ2) is 8.32. The standard InChI is InChI=1S/C20H22ClN3O2/c1-14-13-19(23-15(2)22-14)26-17-9-11-24(12-10-17)20(25)8-7-16-5-3-4-6-18(16)21/h3-8,13,17H,9-12H2,1-2H3. The van der Waals surface area contributed by atoms with E-state index >= 15 is 0 Å². The average molecular weight is 372 g/mol. The summed E-state index contributed by atoms with van der Waals surface area (Å²) >= 11 is 6.11. The van der Waals surface area contributed by atoms with Crippen molar-refractivity contribution in [3.05, 3.63) is 58.5 Å². The Labute approximate surface area is 158 Å². The van der Waals surface area contributed by atoms with Crippen LogP contribution in [0.5, 0.6) is 5.88 Å². The second-order valence-corrected chi connectivity index (χ2v) is 6.80. The molecule has 5 nitrogen and oxygen atoms in total. The fraction of sp³-hybridized carbons (Fsp3) is 0.350. The molecule has 1 fully saturated rings. The molecule has 0 radical (unpaired) electrons. The molecule has 0 saturated carbocycles. The number of carbonyl (C=O) groups excluding carboxylic acids is 1. The molecule has 3 rings (SSSR count). The van der Waals surface area contributed by atoms with Crippen LogP contribution in [-0.2, 0) is 4.79 Å². The number of carbonyl (C=O) groups is 1. The molecule has 0 spiro atoms. The van der Waals surface area contributed by atoms with Crippen LogP contribution in [0.25, 0.3) is 6.08 Å². The summed E-state index contributed by atoms with van der Waals surface area (Å²) in [5, 5.41) is 0.638. The summed E-state index contributed by atoms with van der Waals surface area (Å²) in [6, 6.07) is 9.31. The van der Waals surface area contributed by atoms with Crippen molar-refractivity contribution in [2.24, 2.45) is 0 Å². The van der Waals surface area contributed by atoms with Gasteiger partial charge in [0.25, 0.3) is 0 Å². The molecule has 1 aliphatic heterocycles. The van der Waals surface area contributed by atoms with Crippen LogP contribution in [-0.4, -0.2) is 40.0 Å². The lowest BCUT2D eigenvalue weighted by Gasteiger charge is -2.31. The first-order valence-electron chi connectivity index (χ1n) is 8.72. The Bertz CT molecular complexity index is 794. The lowest BCUT2D eigenvalue weighted by molar-refractivity contribution is -0.127. The summed E-state index contributed by atoms with van der Waals surface area (Å²) in [6.07, 6.45) is 4.99. The van der Waals surface area contributed by atoms with Crippen LogP contribution in [0, 0.1) is 13.8 Å². The molecule has 136 valence electrons. The smallest absolute Gasteiger partial charge is 0.246 e. The Kier molecular flexibility index (Phi) is 5.89. The summed E-state index contributed by atoms with van der Waals surface area (Å²) < 4.78 is 5.97. The van der Waals surface area contributed by atoms with Crippen LogP contribution < -0.4 is 4.74 Å². The number of hydrogen-bond acceptors (Lipinski definition) is 4. The maximum Gasteiger partial charge on any atom is 0.246 e. The molecule has 0 atom stereocenters. The topological polar surface area (TPSA) is 55.3 Å². The van der Waals surface area contributed by atoms with Crippen LogP contribution in [0.2, 0.25) is 5.02 Å². The Morgan fingerprint density at radius 3 is 2.65 bits per heavy atom. The number of nitrogens with zero attached hydrogens (tertiary/aromatic N) is 3. The van der Waals surface area contributed by atoms with Gasteiger partial charge in [-0.1, -0.05) is 29.8 Å². The Hall–Kier alpha value is -2.40. The molecular weight excluding hydrogens is 350 g/mol. The Morgan fingerprint density at radius 1 is 1.23 bits per heavy atom. The zero-order valence-corrected chi connectivity index (χ0v) is 15.7. The van der Waals surface area contributed by atoms with Crippen molar-refractivity contribution < 1.29 is 9.53 Å². The molecule has 6 heteroatoms. The van der Waals surface area contributed by atoms with Gasteiger partial charge in [0.2, 0.25) is 11.8 Å². The molecule has 0 aliphatic carbocycles. The minimum Gasteiger partial charge on any atom is -0.474 e. The molecular formula is C20H22ClN3O2. The summed E-state index contributed by atoms with van der Waals surface area (Å²) in [5.41, 5.74) is 1.74. The average Bonchev–Trinajstić information content (AvgIpc) is 2.60. The van der Waals surface area contributed by atoms with E-state index in [0.717, 1.165) is 24.1 Å². The first-order chi connectivity index (χ1) is 12.5. The highest BCUT2D eigenvalue weighted by atomic mass is 35.5. The quantitative estimate of drug-likeness (QED) is 0.766. The van der Waals surface area contributed by atoms with E-state index in [-0.39, 0.29) is 12.0 Å². The van der Waals surface area contributed by atoms with Gasteiger partial charge >= 0.3 is 0 Å².